The number of hydrogen-bond acceptors (Lipinski definition) is 5. The van der Waals surface area contributed by atoms with E-state index >= 15 is 0 Å². The molecule has 2 aromatic rings. The van der Waals surface area contributed by atoms with Crippen molar-refractivity contribution in [2.24, 2.45) is 0 Å². The van der Waals surface area contributed by atoms with Crippen molar-refractivity contribution in [3.8, 4) is 0 Å². The van der Waals surface area contributed by atoms with Gasteiger partial charge < -0.3 is 14.5 Å². The van der Waals surface area contributed by atoms with E-state index in [0.29, 0.717) is 42.4 Å². The Morgan fingerprint density at radius 2 is 1.56 bits per heavy atom. The summed E-state index contributed by atoms with van der Waals surface area (Å²) in [4.78, 5) is 40.9. The fourth-order valence-corrected chi connectivity index (χ4v) is 3.84. The molecule has 1 aliphatic heterocycles. The Balaban J connectivity index is 1.67. The molecular formula is C19H19FN2O4S. The molecular weight excluding hydrogens is 371 g/mol. The van der Waals surface area contributed by atoms with Gasteiger partial charge in [0.25, 0.3) is 11.8 Å². The summed E-state index contributed by atoms with van der Waals surface area (Å²) in [7, 11) is 1.29. The van der Waals surface area contributed by atoms with Crippen molar-refractivity contribution in [3.05, 3.63) is 57.5 Å². The summed E-state index contributed by atoms with van der Waals surface area (Å²) in [6.45, 7) is 1.62. The lowest BCUT2D eigenvalue weighted by molar-refractivity contribution is 0.0605. The lowest BCUT2D eigenvalue weighted by Gasteiger charge is -2.22. The number of methoxy groups -OCH3 is 1. The first kappa shape index (κ1) is 19.0. The molecule has 27 heavy (non-hydrogen) atoms. The van der Waals surface area contributed by atoms with Gasteiger partial charge in [-0.2, -0.15) is 0 Å². The van der Waals surface area contributed by atoms with E-state index in [4.69, 9.17) is 0 Å². The molecule has 0 radical (unpaired) electrons. The third kappa shape index (κ3) is 4.16. The summed E-state index contributed by atoms with van der Waals surface area (Å²) in [5.74, 6) is -1.58. The van der Waals surface area contributed by atoms with E-state index in [2.05, 4.69) is 4.74 Å². The van der Waals surface area contributed by atoms with Crippen LogP contribution >= 0.6 is 11.3 Å². The number of thiophene rings is 1. The summed E-state index contributed by atoms with van der Waals surface area (Å²) in [6, 6.07) is 9.06. The molecule has 2 heterocycles. The molecule has 2 amide bonds. The Morgan fingerprint density at radius 1 is 0.926 bits per heavy atom. The molecule has 0 N–H and O–H groups in total. The third-order valence-electron chi connectivity index (χ3n) is 4.38. The van der Waals surface area contributed by atoms with E-state index in [1.54, 1.807) is 34.1 Å². The van der Waals surface area contributed by atoms with Crippen LogP contribution in [-0.4, -0.2) is 60.9 Å². The highest BCUT2D eigenvalue weighted by Crippen LogP contribution is 2.20. The SMILES string of the molecule is COC(=O)c1ccc(C(=O)N2CCCN(C(=O)c3ccccc3F)CC2)s1. The maximum Gasteiger partial charge on any atom is 0.348 e. The molecule has 0 unspecified atom stereocenters. The lowest BCUT2D eigenvalue weighted by atomic mass is 10.2. The van der Waals surface area contributed by atoms with Crippen LogP contribution in [0.4, 0.5) is 4.39 Å². The molecule has 0 bridgehead atoms. The van der Waals surface area contributed by atoms with Crippen LogP contribution in [0.3, 0.4) is 0 Å². The maximum absolute atomic E-state index is 13.9. The number of hydrogen-bond donors (Lipinski definition) is 0. The van der Waals surface area contributed by atoms with E-state index in [1.165, 1.54) is 19.2 Å². The zero-order valence-electron chi connectivity index (χ0n) is 14.8. The first-order chi connectivity index (χ1) is 13.0. The van der Waals surface area contributed by atoms with E-state index in [1.807, 2.05) is 0 Å². The average molecular weight is 390 g/mol. The van der Waals surface area contributed by atoms with E-state index < -0.39 is 11.8 Å². The molecule has 8 heteroatoms. The number of esters is 1. The summed E-state index contributed by atoms with van der Waals surface area (Å²) >= 11 is 1.08. The maximum atomic E-state index is 13.9. The van der Waals surface area contributed by atoms with Gasteiger partial charge >= 0.3 is 5.97 Å². The second-order valence-electron chi connectivity index (χ2n) is 6.07. The van der Waals surface area contributed by atoms with Crippen LogP contribution in [0.1, 0.15) is 36.1 Å². The van der Waals surface area contributed by atoms with Gasteiger partial charge in [0, 0.05) is 26.2 Å². The van der Waals surface area contributed by atoms with Gasteiger partial charge in [0.05, 0.1) is 17.6 Å². The van der Waals surface area contributed by atoms with Gasteiger partial charge in [-0.25, -0.2) is 9.18 Å². The zero-order chi connectivity index (χ0) is 19.4. The standard InChI is InChI=1S/C19H19FN2O4S/c1-26-19(25)16-8-7-15(27-16)18(24)22-10-4-9-21(11-12-22)17(23)13-5-2-3-6-14(13)20/h2-3,5-8H,4,9-12H2,1H3. The fourth-order valence-electron chi connectivity index (χ4n) is 2.95. The van der Waals surface area contributed by atoms with Crippen molar-refractivity contribution in [1.82, 2.24) is 9.80 Å². The van der Waals surface area contributed by atoms with E-state index in [-0.39, 0.29) is 17.4 Å². The number of benzene rings is 1. The third-order valence-corrected chi connectivity index (χ3v) is 5.43. The van der Waals surface area contributed by atoms with Gasteiger partial charge in [-0.1, -0.05) is 12.1 Å². The first-order valence-electron chi connectivity index (χ1n) is 8.52. The van der Waals surface area contributed by atoms with Gasteiger partial charge in [0.2, 0.25) is 0 Å². The van der Waals surface area contributed by atoms with Gasteiger partial charge in [-0.05, 0) is 30.7 Å². The molecule has 1 aromatic heterocycles. The Bertz CT molecular complexity index is 867. The molecule has 1 fully saturated rings. The van der Waals surface area contributed by atoms with Crippen LogP contribution in [0.5, 0.6) is 0 Å². The summed E-state index contributed by atoms with van der Waals surface area (Å²) in [6.07, 6.45) is 0.598. The normalized spacial score (nSPS) is 14.6. The van der Waals surface area contributed by atoms with Crippen LogP contribution in [0.2, 0.25) is 0 Å². The monoisotopic (exact) mass is 390 g/mol. The van der Waals surface area contributed by atoms with Crippen molar-refractivity contribution in [2.45, 2.75) is 6.42 Å². The molecule has 1 aromatic carbocycles. The molecule has 3 rings (SSSR count). The molecule has 1 saturated heterocycles. The minimum absolute atomic E-state index is 0.0400. The zero-order valence-corrected chi connectivity index (χ0v) is 15.6. The van der Waals surface area contributed by atoms with Crippen molar-refractivity contribution < 1.29 is 23.5 Å². The van der Waals surface area contributed by atoms with Crippen molar-refractivity contribution in [2.75, 3.05) is 33.3 Å². The van der Waals surface area contributed by atoms with Gasteiger partial charge in [0.1, 0.15) is 10.7 Å². The highest BCUT2D eigenvalue weighted by molar-refractivity contribution is 7.15. The second kappa shape index (κ2) is 8.30. The van der Waals surface area contributed by atoms with Gasteiger partial charge in [-0.3, -0.25) is 9.59 Å². The topological polar surface area (TPSA) is 66.9 Å². The smallest absolute Gasteiger partial charge is 0.348 e. The Morgan fingerprint density at radius 3 is 2.22 bits per heavy atom. The minimum Gasteiger partial charge on any atom is -0.465 e. The number of halogens is 1. The summed E-state index contributed by atoms with van der Waals surface area (Å²) < 4.78 is 18.5. The Kier molecular flexibility index (Phi) is 5.85. The van der Waals surface area contributed by atoms with Crippen molar-refractivity contribution in [1.29, 1.82) is 0 Å². The summed E-state index contributed by atoms with van der Waals surface area (Å²) in [5, 5.41) is 0. The molecule has 0 spiro atoms. The van der Waals surface area contributed by atoms with Crippen molar-refractivity contribution >= 4 is 29.1 Å². The van der Waals surface area contributed by atoms with Crippen LogP contribution in [-0.2, 0) is 4.74 Å². The lowest BCUT2D eigenvalue weighted by Crippen LogP contribution is -2.37. The van der Waals surface area contributed by atoms with Crippen LogP contribution in [0, 0.1) is 5.82 Å². The molecule has 1 aliphatic rings. The van der Waals surface area contributed by atoms with Crippen LogP contribution in [0.25, 0.3) is 0 Å². The fraction of sp³-hybridized carbons (Fsp3) is 0.316. The van der Waals surface area contributed by atoms with Crippen LogP contribution in [0.15, 0.2) is 36.4 Å². The van der Waals surface area contributed by atoms with Gasteiger partial charge in [-0.15, -0.1) is 11.3 Å². The Labute approximate surface area is 160 Å². The molecule has 6 nitrogen and oxygen atoms in total. The highest BCUT2D eigenvalue weighted by atomic mass is 32.1. The number of rotatable bonds is 3. The highest BCUT2D eigenvalue weighted by Gasteiger charge is 2.26. The molecule has 0 saturated carbocycles. The van der Waals surface area contributed by atoms with E-state index in [0.717, 1.165) is 11.3 Å². The minimum atomic E-state index is -0.548. The van der Waals surface area contributed by atoms with Crippen LogP contribution < -0.4 is 0 Å². The molecule has 142 valence electrons. The second-order valence-corrected chi connectivity index (χ2v) is 7.16. The largest absolute Gasteiger partial charge is 0.465 e. The number of nitrogens with zero attached hydrogens (tertiary/aromatic N) is 2. The Hall–Kier alpha value is -2.74. The molecule has 0 aliphatic carbocycles. The number of amides is 2. The average Bonchev–Trinajstić information content (AvgIpc) is 3.05. The quantitative estimate of drug-likeness (QED) is 0.756. The first-order valence-corrected chi connectivity index (χ1v) is 9.34. The van der Waals surface area contributed by atoms with Gasteiger partial charge in [0.15, 0.2) is 0 Å². The van der Waals surface area contributed by atoms with Crippen molar-refractivity contribution in [3.63, 3.8) is 0 Å². The predicted octanol–water partition coefficient (Wildman–Crippen LogP) is 2.66. The molecule has 0 atom stereocenters. The predicted molar refractivity (Wildman–Crippen MR) is 98.5 cm³/mol. The summed E-state index contributed by atoms with van der Waals surface area (Å²) in [5.41, 5.74) is 0.0400. The number of carbonyl (C=O) groups excluding carboxylic acids is 3. The van der Waals surface area contributed by atoms with E-state index in [9.17, 15) is 18.8 Å². The number of carbonyl (C=O) groups is 3. The number of ether oxygens (including phenoxy) is 1.